The molecule has 1 heterocycles. The number of rotatable bonds is 8. The van der Waals surface area contributed by atoms with Gasteiger partial charge in [-0.3, -0.25) is 10.2 Å². The van der Waals surface area contributed by atoms with E-state index in [9.17, 15) is 4.79 Å². The second-order valence-electron chi connectivity index (χ2n) is 4.64. The van der Waals surface area contributed by atoms with E-state index in [1.165, 1.54) is 4.88 Å². The van der Waals surface area contributed by atoms with Crippen molar-refractivity contribution in [3.8, 4) is 0 Å². The van der Waals surface area contributed by atoms with Gasteiger partial charge in [-0.15, -0.1) is 11.3 Å². The predicted molar refractivity (Wildman–Crippen MR) is 76.3 cm³/mol. The summed E-state index contributed by atoms with van der Waals surface area (Å²) in [5, 5.41) is 2.12. The number of likely N-dealkylation sites (N-methyl/N-ethyl adjacent to an activating group) is 1. The number of nitrogens with two attached hydrogens (primary N) is 1. The van der Waals surface area contributed by atoms with Crippen molar-refractivity contribution in [1.82, 2.24) is 10.3 Å². The standard InChI is InChI=1S/C13H23N3OS/c1-11(10-12-6-5-9-18-12)16(2)8-4-3-7-13(17)15-14/h5-6,9,11H,3-4,7-8,10,14H2,1-2H3,(H,15,17). The Hall–Kier alpha value is -0.910. The van der Waals surface area contributed by atoms with Crippen LogP contribution in [-0.4, -0.2) is 30.4 Å². The molecule has 0 spiro atoms. The fraction of sp³-hybridized carbons (Fsp3) is 0.615. The minimum Gasteiger partial charge on any atom is -0.303 e. The molecule has 1 aromatic heterocycles. The molecule has 0 saturated carbocycles. The Labute approximate surface area is 113 Å². The molecule has 102 valence electrons. The summed E-state index contributed by atoms with van der Waals surface area (Å²) in [4.78, 5) is 14.7. The number of unbranched alkanes of at least 4 members (excludes halogenated alkanes) is 1. The summed E-state index contributed by atoms with van der Waals surface area (Å²) < 4.78 is 0. The van der Waals surface area contributed by atoms with Gasteiger partial charge >= 0.3 is 0 Å². The molecule has 1 aromatic rings. The molecular formula is C13H23N3OS. The van der Waals surface area contributed by atoms with E-state index in [0.717, 1.165) is 25.8 Å². The molecule has 4 nitrogen and oxygen atoms in total. The van der Waals surface area contributed by atoms with E-state index in [2.05, 4.69) is 41.8 Å². The third-order valence-corrected chi connectivity index (χ3v) is 4.05. The molecule has 0 aliphatic carbocycles. The summed E-state index contributed by atoms with van der Waals surface area (Å²) in [7, 11) is 2.14. The van der Waals surface area contributed by atoms with Gasteiger partial charge in [-0.1, -0.05) is 6.07 Å². The maximum absolute atomic E-state index is 11.0. The topological polar surface area (TPSA) is 58.4 Å². The second kappa shape index (κ2) is 8.24. The summed E-state index contributed by atoms with van der Waals surface area (Å²) in [6.07, 6.45) is 3.53. The number of carbonyl (C=O) groups is 1. The lowest BCUT2D eigenvalue weighted by Crippen LogP contribution is -2.32. The molecule has 1 unspecified atom stereocenters. The lowest BCUT2D eigenvalue weighted by Gasteiger charge is -2.24. The van der Waals surface area contributed by atoms with Gasteiger partial charge in [-0.25, -0.2) is 5.84 Å². The molecule has 1 rings (SSSR count). The van der Waals surface area contributed by atoms with Crippen LogP contribution in [0.2, 0.25) is 0 Å². The van der Waals surface area contributed by atoms with Crippen molar-refractivity contribution < 1.29 is 4.79 Å². The Morgan fingerprint density at radius 3 is 2.94 bits per heavy atom. The van der Waals surface area contributed by atoms with Gasteiger partial charge in [0.1, 0.15) is 0 Å². The summed E-state index contributed by atoms with van der Waals surface area (Å²) in [5.41, 5.74) is 2.15. The number of nitrogens with one attached hydrogen (secondary N) is 1. The van der Waals surface area contributed by atoms with Gasteiger partial charge in [0.2, 0.25) is 5.91 Å². The van der Waals surface area contributed by atoms with Crippen LogP contribution in [0.5, 0.6) is 0 Å². The molecule has 1 amide bonds. The van der Waals surface area contributed by atoms with Crippen LogP contribution in [0.3, 0.4) is 0 Å². The van der Waals surface area contributed by atoms with Gasteiger partial charge < -0.3 is 4.90 Å². The zero-order valence-corrected chi connectivity index (χ0v) is 12.0. The zero-order chi connectivity index (χ0) is 13.4. The summed E-state index contributed by atoms with van der Waals surface area (Å²) in [6, 6.07) is 4.81. The second-order valence-corrected chi connectivity index (χ2v) is 5.67. The van der Waals surface area contributed by atoms with Crippen LogP contribution in [0.4, 0.5) is 0 Å². The quantitative estimate of drug-likeness (QED) is 0.327. The third-order valence-electron chi connectivity index (χ3n) is 3.15. The number of nitrogens with zero attached hydrogens (tertiary/aromatic N) is 1. The van der Waals surface area contributed by atoms with Gasteiger partial charge in [-0.2, -0.15) is 0 Å². The third kappa shape index (κ3) is 5.62. The number of amides is 1. The fourth-order valence-corrected chi connectivity index (χ4v) is 2.64. The number of hydrazine groups is 1. The van der Waals surface area contributed by atoms with Gasteiger partial charge in [0.05, 0.1) is 0 Å². The van der Waals surface area contributed by atoms with Crippen LogP contribution in [0.15, 0.2) is 17.5 Å². The van der Waals surface area contributed by atoms with Crippen molar-refractivity contribution in [2.75, 3.05) is 13.6 Å². The predicted octanol–water partition coefficient (Wildman–Crippen LogP) is 1.77. The fourth-order valence-electron chi connectivity index (χ4n) is 1.82. The van der Waals surface area contributed by atoms with Crippen LogP contribution >= 0.6 is 11.3 Å². The minimum absolute atomic E-state index is 0.0794. The van der Waals surface area contributed by atoms with Crippen molar-refractivity contribution in [1.29, 1.82) is 0 Å². The molecule has 5 heteroatoms. The lowest BCUT2D eigenvalue weighted by atomic mass is 10.1. The van der Waals surface area contributed by atoms with Gasteiger partial charge in [0.15, 0.2) is 0 Å². The highest BCUT2D eigenvalue weighted by atomic mass is 32.1. The molecular weight excluding hydrogens is 246 g/mol. The first-order valence-corrected chi connectivity index (χ1v) is 7.23. The SMILES string of the molecule is CC(Cc1cccs1)N(C)CCCCC(=O)NN. The number of thiophene rings is 1. The summed E-state index contributed by atoms with van der Waals surface area (Å²) in [6.45, 7) is 3.26. The normalized spacial score (nSPS) is 12.7. The molecule has 3 N–H and O–H groups in total. The average Bonchev–Trinajstić information content (AvgIpc) is 2.86. The zero-order valence-electron chi connectivity index (χ0n) is 11.2. The van der Waals surface area contributed by atoms with E-state index in [4.69, 9.17) is 5.84 Å². The molecule has 0 saturated heterocycles. The van der Waals surface area contributed by atoms with Crippen LogP contribution in [-0.2, 0) is 11.2 Å². The van der Waals surface area contributed by atoms with Gasteiger partial charge in [-0.05, 0) is 51.2 Å². The molecule has 0 aliphatic rings. The van der Waals surface area contributed by atoms with E-state index in [1.54, 1.807) is 0 Å². The molecule has 0 fully saturated rings. The molecule has 1 atom stereocenters. The lowest BCUT2D eigenvalue weighted by molar-refractivity contribution is -0.121. The van der Waals surface area contributed by atoms with Gasteiger partial charge in [0, 0.05) is 17.3 Å². The van der Waals surface area contributed by atoms with E-state index in [-0.39, 0.29) is 5.91 Å². The molecule has 0 radical (unpaired) electrons. The molecule has 0 aliphatic heterocycles. The highest BCUT2D eigenvalue weighted by molar-refractivity contribution is 7.09. The smallest absolute Gasteiger partial charge is 0.233 e. The first-order chi connectivity index (χ1) is 8.63. The number of hydrogen-bond donors (Lipinski definition) is 2. The van der Waals surface area contributed by atoms with Gasteiger partial charge in [0.25, 0.3) is 0 Å². The van der Waals surface area contributed by atoms with Crippen molar-refractivity contribution in [3.05, 3.63) is 22.4 Å². The largest absolute Gasteiger partial charge is 0.303 e. The Bertz CT molecular complexity index is 340. The maximum Gasteiger partial charge on any atom is 0.233 e. The average molecular weight is 269 g/mol. The minimum atomic E-state index is -0.0794. The van der Waals surface area contributed by atoms with Crippen LogP contribution < -0.4 is 11.3 Å². The molecule has 18 heavy (non-hydrogen) atoms. The van der Waals surface area contributed by atoms with E-state index in [1.807, 2.05) is 11.3 Å². The highest BCUT2D eigenvalue weighted by Crippen LogP contribution is 2.13. The molecule has 0 bridgehead atoms. The Morgan fingerprint density at radius 1 is 1.56 bits per heavy atom. The summed E-state index contributed by atoms with van der Waals surface area (Å²) in [5.74, 6) is 4.95. The van der Waals surface area contributed by atoms with Crippen molar-refractivity contribution in [2.45, 2.75) is 38.6 Å². The maximum atomic E-state index is 11.0. The van der Waals surface area contributed by atoms with E-state index in [0.29, 0.717) is 12.5 Å². The van der Waals surface area contributed by atoms with Crippen LogP contribution in [0, 0.1) is 0 Å². The van der Waals surface area contributed by atoms with Crippen molar-refractivity contribution >= 4 is 17.2 Å². The first-order valence-electron chi connectivity index (χ1n) is 6.35. The molecule has 0 aromatic carbocycles. The van der Waals surface area contributed by atoms with Crippen molar-refractivity contribution in [2.24, 2.45) is 5.84 Å². The van der Waals surface area contributed by atoms with E-state index >= 15 is 0 Å². The Morgan fingerprint density at radius 2 is 2.33 bits per heavy atom. The van der Waals surface area contributed by atoms with Crippen molar-refractivity contribution in [3.63, 3.8) is 0 Å². The monoisotopic (exact) mass is 269 g/mol. The summed E-state index contributed by atoms with van der Waals surface area (Å²) >= 11 is 1.81. The Kier molecular flexibility index (Phi) is 6.93. The van der Waals surface area contributed by atoms with E-state index < -0.39 is 0 Å². The highest BCUT2D eigenvalue weighted by Gasteiger charge is 2.10. The number of carbonyl (C=O) groups excluding carboxylic acids is 1. The Balaban J connectivity index is 2.15. The van der Waals surface area contributed by atoms with Crippen LogP contribution in [0.25, 0.3) is 0 Å². The number of hydrogen-bond acceptors (Lipinski definition) is 4. The van der Waals surface area contributed by atoms with Crippen LogP contribution in [0.1, 0.15) is 31.1 Å². The first kappa shape index (κ1) is 15.1.